The minimum atomic E-state index is -0.738. The molecule has 0 N–H and O–H groups in total. The highest BCUT2D eigenvalue weighted by atomic mass is 28.2. The molecule has 0 bridgehead atoms. The number of aromatic nitrogens is 1. The maximum absolute atomic E-state index is 2.51. The van der Waals surface area contributed by atoms with Gasteiger partial charge in [-0.1, -0.05) is 235 Å². The van der Waals surface area contributed by atoms with E-state index in [2.05, 4.69) is 278 Å². The summed E-state index contributed by atoms with van der Waals surface area (Å²) in [6.45, 7) is 0. The van der Waals surface area contributed by atoms with Crippen LogP contribution in [0.1, 0.15) is 0 Å². The summed E-state index contributed by atoms with van der Waals surface area (Å²) >= 11 is 0. The number of rotatable bonds is 6. The van der Waals surface area contributed by atoms with E-state index in [1.54, 1.807) is 0 Å². The molecule has 15 aromatic rings. The molecule has 0 fully saturated rings. The van der Waals surface area contributed by atoms with Crippen LogP contribution >= 0.6 is 0 Å². The van der Waals surface area contributed by atoms with Crippen molar-refractivity contribution in [2.45, 2.75) is 0 Å². The average molecular weight is 978 g/mol. The van der Waals surface area contributed by atoms with Crippen LogP contribution in [0.3, 0.4) is 0 Å². The van der Waals surface area contributed by atoms with E-state index in [9.17, 15) is 0 Å². The molecule has 0 radical (unpaired) electrons. The van der Waals surface area contributed by atoms with Crippen molar-refractivity contribution in [1.82, 2.24) is 4.57 Å². The summed E-state index contributed by atoms with van der Waals surface area (Å²) in [5.41, 5.74) is 18.8. The average Bonchev–Trinajstić information content (AvgIpc) is 4.05. The summed E-state index contributed by atoms with van der Waals surface area (Å²) in [4.78, 5) is 0. The summed E-state index contributed by atoms with van der Waals surface area (Å²) in [5.74, 6) is 0. The SMILES string of the molecule is c1ccc2c(-c3ccc4c(c3)[SiH2]c3cc(-n5c6ccc(-c7ccc(-c8cc9ccccc9c9ccccc89)cc7)cc6c6cc(-c7ccc(-c8cc9ccccc9c9ccccc89)cc7)ccc65)ccc3-4)cccc2c1. The van der Waals surface area contributed by atoms with Crippen LogP contribution in [0, 0.1) is 0 Å². The van der Waals surface area contributed by atoms with Crippen LogP contribution in [0.25, 0.3) is 148 Å². The summed E-state index contributed by atoms with van der Waals surface area (Å²) in [6.07, 6.45) is 0. The Morgan fingerprint density at radius 3 is 1.20 bits per heavy atom. The molecule has 0 unspecified atom stereocenters. The van der Waals surface area contributed by atoms with Gasteiger partial charge in [0.25, 0.3) is 0 Å². The minimum Gasteiger partial charge on any atom is -0.309 e. The summed E-state index contributed by atoms with van der Waals surface area (Å²) < 4.78 is 2.51. The van der Waals surface area contributed by atoms with Gasteiger partial charge < -0.3 is 4.57 Å². The molecule has 76 heavy (non-hydrogen) atoms. The summed E-state index contributed by atoms with van der Waals surface area (Å²) in [6, 6.07) is 102. The first kappa shape index (κ1) is 42.9. The van der Waals surface area contributed by atoms with Gasteiger partial charge in [0.1, 0.15) is 0 Å². The molecule has 0 saturated heterocycles. The third-order valence-corrected chi connectivity index (χ3v) is 18.5. The van der Waals surface area contributed by atoms with Gasteiger partial charge in [-0.15, -0.1) is 0 Å². The fourth-order valence-electron chi connectivity index (χ4n) is 12.9. The number of fused-ring (bicyclic) bond motifs is 13. The molecule has 0 saturated carbocycles. The monoisotopic (exact) mass is 977 g/mol. The highest BCUT2D eigenvalue weighted by Gasteiger charge is 2.23. The van der Waals surface area contributed by atoms with E-state index in [0.717, 1.165) is 0 Å². The highest BCUT2D eigenvalue weighted by Crippen LogP contribution is 2.41. The van der Waals surface area contributed by atoms with Gasteiger partial charge in [0.15, 0.2) is 0 Å². The fraction of sp³-hybridized carbons (Fsp3) is 0. The Balaban J connectivity index is 0.806. The van der Waals surface area contributed by atoms with Gasteiger partial charge in [0.05, 0.1) is 20.6 Å². The van der Waals surface area contributed by atoms with Crippen molar-refractivity contribution in [2.24, 2.45) is 0 Å². The molecule has 0 spiro atoms. The van der Waals surface area contributed by atoms with Crippen molar-refractivity contribution < 1.29 is 0 Å². The lowest BCUT2D eigenvalue weighted by molar-refractivity contribution is 1.18. The maximum atomic E-state index is 2.51. The molecule has 1 aliphatic heterocycles. The molecule has 1 aliphatic rings. The van der Waals surface area contributed by atoms with Gasteiger partial charge in [0.2, 0.25) is 0 Å². The molecule has 1 nitrogen and oxygen atoms in total. The number of nitrogens with zero attached hydrogens (tertiary/aromatic N) is 1. The van der Waals surface area contributed by atoms with Crippen LogP contribution in [0.2, 0.25) is 0 Å². The van der Waals surface area contributed by atoms with Crippen molar-refractivity contribution in [3.63, 3.8) is 0 Å². The van der Waals surface area contributed by atoms with E-state index in [-0.39, 0.29) is 0 Å². The van der Waals surface area contributed by atoms with Gasteiger partial charge in [0, 0.05) is 16.5 Å². The minimum absolute atomic E-state index is 0.738. The lowest BCUT2D eigenvalue weighted by atomic mass is 9.92. The zero-order valence-corrected chi connectivity index (χ0v) is 43.0. The largest absolute Gasteiger partial charge is 0.309 e. The van der Waals surface area contributed by atoms with Crippen LogP contribution in [-0.4, -0.2) is 14.1 Å². The van der Waals surface area contributed by atoms with Crippen molar-refractivity contribution in [3.05, 3.63) is 273 Å². The van der Waals surface area contributed by atoms with Gasteiger partial charge >= 0.3 is 0 Å². The second-order valence-corrected chi connectivity index (χ2v) is 22.6. The Morgan fingerprint density at radius 1 is 0.211 bits per heavy atom. The first-order valence-corrected chi connectivity index (χ1v) is 27.9. The third kappa shape index (κ3) is 6.78. The second-order valence-electron chi connectivity index (χ2n) is 20.8. The Bertz CT molecular complexity index is 4660. The maximum Gasteiger partial charge on any atom is 0.0892 e. The van der Waals surface area contributed by atoms with Crippen LogP contribution in [0.15, 0.2) is 273 Å². The predicted octanol–water partition coefficient (Wildman–Crippen LogP) is 18.0. The molecule has 16 rings (SSSR count). The molecule has 2 heteroatoms. The molecular weight excluding hydrogens is 931 g/mol. The van der Waals surface area contributed by atoms with Gasteiger partial charge in [-0.05, 0) is 169 Å². The van der Waals surface area contributed by atoms with E-state index >= 15 is 0 Å². The third-order valence-electron chi connectivity index (χ3n) is 16.6. The van der Waals surface area contributed by atoms with Gasteiger partial charge in [-0.3, -0.25) is 0 Å². The van der Waals surface area contributed by atoms with E-state index in [1.165, 1.54) is 158 Å². The van der Waals surface area contributed by atoms with Gasteiger partial charge in [-0.2, -0.15) is 0 Å². The van der Waals surface area contributed by atoms with E-state index in [1.807, 2.05) is 0 Å². The molecule has 0 atom stereocenters. The topological polar surface area (TPSA) is 4.93 Å². The summed E-state index contributed by atoms with van der Waals surface area (Å²) in [5, 5.41) is 18.3. The van der Waals surface area contributed by atoms with Crippen molar-refractivity contribution >= 4 is 95.6 Å². The Labute approximate surface area is 443 Å². The molecule has 14 aromatic carbocycles. The molecule has 352 valence electrons. The van der Waals surface area contributed by atoms with E-state index < -0.39 is 9.52 Å². The molecule has 1 aromatic heterocycles. The van der Waals surface area contributed by atoms with E-state index in [0.29, 0.717) is 0 Å². The standard InChI is InChI=1S/C74H47NSi/c1-4-16-57-48(12-1)15-11-23-58(57)55-32-36-65-66-37-35-56(45-74(66)76-73(65)44-55)75-71-38-33-51(46-24-28-49(29-25-46)67-42-53-13-2-5-17-59(53)61-19-7-9-21-63(61)67)40-69(71)70-41-52(34-39-72(70)75)47-26-30-50(31-27-47)68-43-54-14-3-6-18-60(54)62-20-8-10-22-64(62)68/h1-45H,76H2. The first-order chi connectivity index (χ1) is 37.6. The number of hydrogen-bond donors (Lipinski definition) is 0. The van der Waals surface area contributed by atoms with Crippen LogP contribution in [0.5, 0.6) is 0 Å². The smallest absolute Gasteiger partial charge is 0.0892 e. The Kier molecular flexibility index (Phi) is 9.57. The van der Waals surface area contributed by atoms with Crippen LogP contribution in [-0.2, 0) is 0 Å². The number of hydrogen-bond acceptors (Lipinski definition) is 0. The van der Waals surface area contributed by atoms with Crippen molar-refractivity contribution in [2.75, 3.05) is 0 Å². The molecule has 2 heterocycles. The quantitative estimate of drug-likeness (QED) is 0.116. The molecular formula is C74H47NSi. The zero-order valence-electron chi connectivity index (χ0n) is 41.6. The van der Waals surface area contributed by atoms with Crippen LogP contribution < -0.4 is 10.4 Å². The van der Waals surface area contributed by atoms with Gasteiger partial charge in [-0.25, -0.2) is 0 Å². The lowest BCUT2D eigenvalue weighted by Gasteiger charge is -2.12. The van der Waals surface area contributed by atoms with Crippen molar-refractivity contribution in [3.8, 4) is 72.4 Å². The molecule has 0 aliphatic carbocycles. The second kappa shape index (κ2) is 17.0. The lowest BCUT2D eigenvalue weighted by Crippen LogP contribution is -2.21. The first-order valence-electron chi connectivity index (χ1n) is 26.5. The Hall–Kier alpha value is -9.60. The Morgan fingerprint density at radius 2 is 0.632 bits per heavy atom. The van der Waals surface area contributed by atoms with E-state index in [4.69, 9.17) is 0 Å². The van der Waals surface area contributed by atoms with Crippen molar-refractivity contribution in [1.29, 1.82) is 0 Å². The fourth-order valence-corrected chi connectivity index (χ4v) is 15.0. The van der Waals surface area contributed by atoms with Crippen LogP contribution in [0.4, 0.5) is 0 Å². The normalized spacial score (nSPS) is 12.5. The zero-order chi connectivity index (χ0) is 49.8. The number of benzene rings is 14. The predicted molar refractivity (Wildman–Crippen MR) is 329 cm³/mol. The highest BCUT2D eigenvalue weighted by molar-refractivity contribution is 6.73. The molecule has 0 amide bonds. The summed E-state index contributed by atoms with van der Waals surface area (Å²) in [7, 11) is -0.738.